The topological polar surface area (TPSA) is 105 Å². The molecule has 0 spiro atoms. The average Bonchev–Trinajstić information content (AvgIpc) is 3.07. The van der Waals surface area contributed by atoms with Crippen LogP contribution in [-0.2, 0) is 15.6 Å². The summed E-state index contributed by atoms with van der Waals surface area (Å²) >= 11 is 5.79. The molecule has 0 aliphatic heterocycles. The number of halogens is 1. The first kappa shape index (κ1) is 18.1. The second kappa shape index (κ2) is 7.27. The summed E-state index contributed by atoms with van der Waals surface area (Å²) in [6, 6.07) is 13.4. The van der Waals surface area contributed by atoms with E-state index in [1.165, 1.54) is 0 Å². The van der Waals surface area contributed by atoms with Gasteiger partial charge in [-0.25, -0.2) is 13.5 Å². The number of rotatable bonds is 5. The molecule has 0 aliphatic carbocycles. The fraction of sp³-hybridized carbons (Fsp3) is 0.118. The van der Waals surface area contributed by atoms with Gasteiger partial charge in [-0.1, -0.05) is 41.4 Å². The van der Waals surface area contributed by atoms with E-state index in [1.54, 1.807) is 48.5 Å². The number of aromatic nitrogens is 3. The minimum absolute atomic E-state index is 0.106. The lowest BCUT2D eigenvalue weighted by Gasteiger charge is -2.02. The lowest BCUT2D eigenvalue weighted by atomic mass is 10.1. The molecule has 2 aromatic carbocycles. The predicted molar refractivity (Wildman–Crippen MR) is 97.9 cm³/mol. The van der Waals surface area contributed by atoms with Crippen molar-refractivity contribution in [3.63, 3.8) is 0 Å². The monoisotopic (exact) mass is 390 g/mol. The van der Waals surface area contributed by atoms with E-state index in [0.29, 0.717) is 16.1 Å². The number of nitrogens with one attached hydrogen (secondary N) is 2. The Morgan fingerprint density at radius 1 is 1.12 bits per heavy atom. The Morgan fingerprint density at radius 3 is 2.42 bits per heavy atom. The second-order valence-corrected chi connectivity index (χ2v) is 8.01. The second-order valence-electron chi connectivity index (χ2n) is 5.67. The van der Waals surface area contributed by atoms with Gasteiger partial charge in [0.25, 0.3) is 5.91 Å². The van der Waals surface area contributed by atoms with E-state index < -0.39 is 15.7 Å². The fourth-order valence-electron chi connectivity index (χ4n) is 2.19. The molecule has 7 nitrogen and oxygen atoms in total. The van der Waals surface area contributed by atoms with Gasteiger partial charge in [0.15, 0.2) is 0 Å². The van der Waals surface area contributed by atoms with Gasteiger partial charge in [-0.05, 0) is 36.8 Å². The van der Waals surface area contributed by atoms with Gasteiger partial charge < -0.3 is 0 Å². The van der Waals surface area contributed by atoms with E-state index in [4.69, 9.17) is 11.6 Å². The largest absolute Gasteiger partial charge is 0.289 e. The maximum Gasteiger partial charge on any atom is 0.258 e. The van der Waals surface area contributed by atoms with Crippen molar-refractivity contribution in [2.24, 2.45) is 0 Å². The van der Waals surface area contributed by atoms with Crippen LogP contribution in [0.15, 0.2) is 53.7 Å². The smallest absolute Gasteiger partial charge is 0.258 e. The molecule has 0 unspecified atom stereocenters. The standard InChI is InChI=1S/C17H15ClN4O3S/c1-11-2-6-13(7-3-11)15(23)19-16-20-17(22-21-16)26(24,25)10-12-4-8-14(18)9-5-12/h2-9H,10H2,1H3,(H2,19,20,21,22,23). The van der Waals surface area contributed by atoms with E-state index >= 15 is 0 Å². The summed E-state index contributed by atoms with van der Waals surface area (Å²) in [6.07, 6.45) is 0. The summed E-state index contributed by atoms with van der Waals surface area (Å²) in [5, 5.41) is 8.78. The Kier molecular flexibility index (Phi) is 5.06. The summed E-state index contributed by atoms with van der Waals surface area (Å²) in [7, 11) is -3.73. The Balaban J connectivity index is 1.73. The van der Waals surface area contributed by atoms with Gasteiger partial charge in [-0.15, -0.1) is 5.10 Å². The molecule has 1 heterocycles. The van der Waals surface area contributed by atoms with Crippen molar-refractivity contribution in [3.05, 3.63) is 70.2 Å². The number of carbonyl (C=O) groups excluding carboxylic acids is 1. The lowest BCUT2D eigenvalue weighted by Crippen LogP contribution is -2.13. The number of H-pyrrole nitrogens is 1. The maximum absolute atomic E-state index is 12.4. The molecule has 0 aliphatic rings. The number of nitrogens with zero attached hydrogens (tertiary/aromatic N) is 2. The number of aromatic amines is 1. The van der Waals surface area contributed by atoms with E-state index in [1.807, 2.05) is 6.92 Å². The zero-order valence-electron chi connectivity index (χ0n) is 13.7. The molecule has 0 bridgehead atoms. The minimum Gasteiger partial charge on any atom is -0.289 e. The predicted octanol–water partition coefficient (Wildman–Crippen LogP) is 2.99. The Morgan fingerprint density at radius 2 is 1.77 bits per heavy atom. The first-order valence-corrected chi connectivity index (χ1v) is 9.64. The van der Waals surface area contributed by atoms with Gasteiger partial charge in [-0.3, -0.25) is 10.1 Å². The first-order valence-electron chi connectivity index (χ1n) is 7.61. The molecule has 0 radical (unpaired) electrons. The highest BCUT2D eigenvalue weighted by atomic mass is 35.5. The van der Waals surface area contributed by atoms with Crippen molar-refractivity contribution in [2.45, 2.75) is 17.8 Å². The van der Waals surface area contributed by atoms with E-state index in [9.17, 15) is 13.2 Å². The van der Waals surface area contributed by atoms with Gasteiger partial charge in [0, 0.05) is 10.6 Å². The summed E-state index contributed by atoms with van der Waals surface area (Å²) in [5.74, 6) is -0.791. The molecule has 1 aromatic heterocycles. The number of aryl methyl sites for hydroxylation is 1. The molecule has 0 saturated carbocycles. The Labute approximate surface area is 155 Å². The van der Waals surface area contributed by atoms with Gasteiger partial charge in [0.2, 0.25) is 20.9 Å². The molecule has 0 fully saturated rings. The highest BCUT2D eigenvalue weighted by molar-refractivity contribution is 7.90. The van der Waals surface area contributed by atoms with Gasteiger partial charge >= 0.3 is 0 Å². The number of hydrogen-bond acceptors (Lipinski definition) is 5. The van der Waals surface area contributed by atoms with Crippen molar-refractivity contribution in [1.82, 2.24) is 15.2 Å². The van der Waals surface area contributed by atoms with Crippen LogP contribution in [0.5, 0.6) is 0 Å². The number of carbonyl (C=O) groups is 1. The van der Waals surface area contributed by atoms with Crippen molar-refractivity contribution >= 4 is 33.3 Å². The summed E-state index contributed by atoms with van der Waals surface area (Å²) in [5.41, 5.74) is 2.01. The third kappa shape index (κ3) is 4.27. The molecule has 9 heteroatoms. The van der Waals surface area contributed by atoms with Gasteiger partial charge in [0.05, 0.1) is 5.75 Å². The number of amides is 1. The molecular weight excluding hydrogens is 376 g/mol. The maximum atomic E-state index is 12.4. The number of hydrogen-bond donors (Lipinski definition) is 2. The summed E-state index contributed by atoms with van der Waals surface area (Å²) in [4.78, 5) is 16.0. The number of sulfone groups is 1. The van der Waals surface area contributed by atoms with E-state index in [2.05, 4.69) is 20.5 Å². The zero-order chi connectivity index (χ0) is 18.7. The molecule has 134 valence electrons. The van der Waals surface area contributed by atoms with Crippen LogP contribution in [-0.4, -0.2) is 29.5 Å². The normalized spacial score (nSPS) is 11.3. The van der Waals surface area contributed by atoms with Crippen molar-refractivity contribution in [2.75, 3.05) is 5.32 Å². The van der Waals surface area contributed by atoms with Crippen LogP contribution in [0.4, 0.5) is 5.95 Å². The highest BCUT2D eigenvalue weighted by Crippen LogP contribution is 2.16. The molecule has 0 saturated heterocycles. The summed E-state index contributed by atoms with van der Waals surface area (Å²) in [6.45, 7) is 1.91. The molecular formula is C17H15ClN4O3S. The van der Waals surface area contributed by atoms with Crippen LogP contribution in [0, 0.1) is 6.92 Å². The zero-order valence-corrected chi connectivity index (χ0v) is 15.3. The van der Waals surface area contributed by atoms with Crippen molar-refractivity contribution in [3.8, 4) is 0 Å². The summed E-state index contributed by atoms with van der Waals surface area (Å²) < 4.78 is 24.8. The SMILES string of the molecule is Cc1ccc(C(=O)Nc2n[nH]c(S(=O)(=O)Cc3ccc(Cl)cc3)n2)cc1. The van der Waals surface area contributed by atoms with Gasteiger partial charge in [-0.2, -0.15) is 4.98 Å². The molecule has 2 N–H and O–H groups in total. The van der Waals surface area contributed by atoms with Crippen LogP contribution < -0.4 is 5.32 Å². The molecule has 26 heavy (non-hydrogen) atoms. The minimum atomic E-state index is -3.73. The molecule has 3 rings (SSSR count). The quantitative estimate of drug-likeness (QED) is 0.696. The van der Waals surface area contributed by atoms with Crippen molar-refractivity contribution in [1.29, 1.82) is 0 Å². The fourth-order valence-corrected chi connectivity index (χ4v) is 3.49. The van der Waals surface area contributed by atoms with Gasteiger partial charge in [0.1, 0.15) is 0 Å². The molecule has 1 amide bonds. The Bertz CT molecular complexity index is 1030. The average molecular weight is 391 g/mol. The van der Waals surface area contributed by atoms with Crippen LogP contribution >= 0.6 is 11.6 Å². The number of benzene rings is 2. The third-order valence-corrected chi connectivity index (χ3v) is 5.31. The Hall–Kier alpha value is -2.71. The molecule has 3 aromatic rings. The highest BCUT2D eigenvalue weighted by Gasteiger charge is 2.21. The van der Waals surface area contributed by atoms with Crippen molar-refractivity contribution < 1.29 is 13.2 Å². The first-order chi connectivity index (χ1) is 12.3. The van der Waals surface area contributed by atoms with Crippen LogP contribution in [0.25, 0.3) is 0 Å². The van der Waals surface area contributed by atoms with E-state index in [-0.39, 0.29) is 16.9 Å². The molecule has 0 atom stereocenters. The lowest BCUT2D eigenvalue weighted by molar-refractivity contribution is 0.102. The third-order valence-electron chi connectivity index (χ3n) is 3.57. The number of anilines is 1. The van der Waals surface area contributed by atoms with E-state index in [0.717, 1.165) is 5.56 Å². The van der Waals surface area contributed by atoms with Crippen LogP contribution in [0.1, 0.15) is 21.5 Å². The van der Waals surface area contributed by atoms with Crippen LogP contribution in [0.2, 0.25) is 5.02 Å². The van der Waals surface area contributed by atoms with Crippen LogP contribution in [0.3, 0.4) is 0 Å².